The molecule has 1 aromatic carbocycles. The van der Waals surface area contributed by atoms with Gasteiger partial charge >= 0.3 is 0 Å². The van der Waals surface area contributed by atoms with E-state index in [-0.39, 0.29) is 5.91 Å². The molecule has 0 atom stereocenters. The molecule has 0 bridgehead atoms. The second-order valence-electron chi connectivity index (χ2n) is 7.55. The highest BCUT2D eigenvalue weighted by molar-refractivity contribution is 6.03. The Morgan fingerprint density at radius 1 is 1.11 bits per heavy atom. The average Bonchev–Trinajstić information content (AvgIpc) is 3.38. The quantitative estimate of drug-likeness (QED) is 0.255. The topological polar surface area (TPSA) is 92.9 Å². The molecule has 2 N–H and O–H groups in total. The number of allylic oxidation sites excluding steroid dienone is 1. The maximum Gasteiger partial charge on any atom is 0.251 e. The summed E-state index contributed by atoms with van der Waals surface area (Å²) in [6.07, 6.45) is 11.0. The van der Waals surface area contributed by atoms with Gasteiger partial charge in [-0.1, -0.05) is 26.0 Å². The minimum atomic E-state index is -0.168. The molecule has 0 unspecified atom stereocenters. The molecule has 4 rings (SSSR count). The van der Waals surface area contributed by atoms with Crippen LogP contribution in [0.1, 0.15) is 42.3 Å². The number of rotatable bonds is 7. The lowest BCUT2D eigenvalue weighted by Crippen LogP contribution is -2.23. The summed E-state index contributed by atoms with van der Waals surface area (Å²) in [5.41, 5.74) is 3.12. The number of nitrogens with one attached hydrogen (secondary N) is 2. The summed E-state index contributed by atoms with van der Waals surface area (Å²) in [7, 11) is 1.71. The van der Waals surface area contributed by atoms with Crippen LogP contribution in [0.5, 0.6) is 11.5 Å². The van der Waals surface area contributed by atoms with E-state index in [0.29, 0.717) is 35.3 Å². The van der Waals surface area contributed by atoms with Crippen molar-refractivity contribution in [1.82, 2.24) is 19.7 Å². The Labute approximate surface area is 211 Å². The molecule has 0 radical (unpaired) electrons. The molecule has 0 saturated carbocycles. The van der Waals surface area contributed by atoms with Crippen LogP contribution in [-0.4, -0.2) is 33.2 Å². The number of hydrogen-bond acceptors (Lipinski definition) is 5. The van der Waals surface area contributed by atoms with Gasteiger partial charge in [0, 0.05) is 55.6 Å². The van der Waals surface area contributed by atoms with Crippen molar-refractivity contribution < 1.29 is 9.53 Å². The van der Waals surface area contributed by atoms with E-state index in [9.17, 15) is 4.79 Å². The SMILES string of the molecule is C/C=C\C(=NC)Nc1cc(Oc2cccc(C(=O)NCc3ccn4ccnc4c3)c2C)ccn1.CC. The van der Waals surface area contributed by atoms with Gasteiger partial charge in [0.2, 0.25) is 0 Å². The molecule has 4 aromatic rings. The number of carbonyl (C=O) groups excluding carboxylic acids is 1. The van der Waals surface area contributed by atoms with Gasteiger partial charge in [0.05, 0.1) is 0 Å². The van der Waals surface area contributed by atoms with Gasteiger partial charge in [-0.05, 0) is 55.8 Å². The van der Waals surface area contributed by atoms with Crippen LogP contribution in [0.2, 0.25) is 0 Å². The Hall–Kier alpha value is -4.46. The number of aromatic nitrogens is 3. The van der Waals surface area contributed by atoms with Crippen molar-refractivity contribution >= 4 is 23.2 Å². The van der Waals surface area contributed by atoms with Gasteiger partial charge in [-0.25, -0.2) is 9.97 Å². The molecule has 0 saturated heterocycles. The van der Waals surface area contributed by atoms with E-state index in [1.165, 1.54) is 0 Å². The molecular weight excluding hydrogens is 452 g/mol. The van der Waals surface area contributed by atoms with Gasteiger partial charge in [0.1, 0.15) is 28.8 Å². The smallest absolute Gasteiger partial charge is 0.251 e. The number of hydrogen-bond donors (Lipinski definition) is 2. The Morgan fingerprint density at radius 3 is 2.72 bits per heavy atom. The minimum absolute atomic E-state index is 0.168. The van der Waals surface area contributed by atoms with Crippen molar-refractivity contribution in [3.05, 3.63) is 96.1 Å². The van der Waals surface area contributed by atoms with Crippen LogP contribution in [-0.2, 0) is 6.54 Å². The zero-order valence-corrected chi connectivity index (χ0v) is 21.3. The monoisotopic (exact) mass is 484 g/mol. The summed E-state index contributed by atoms with van der Waals surface area (Å²) in [4.78, 5) is 25.7. The second-order valence-corrected chi connectivity index (χ2v) is 7.55. The van der Waals surface area contributed by atoms with E-state index in [1.54, 1.807) is 37.6 Å². The zero-order chi connectivity index (χ0) is 25.9. The molecule has 186 valence electrons. The first kappa shape index (κ1) is 26.2. The fraction of sp³-hybridized carbons (Fsp3) is 0.214. The maximum atomic E-state index is 12.9. The standard InChI is InChI=1S/C26H26N6O2.C2H6/c1-4-6-23(27-3)31-24-16-20(9-11-28-24)34-22-8-5-7-21(18(22)2)26(33)30-17-19-10-13-32-14-12-29-25(32)15-19;1-2/h4-16H,17H2,1-3H3,(H,30,33)(H,27,28,31);1-2H3/b6-4-;. The number of fused-ring (bicyclic) bond motifs is 1. The summed E-state index contributed by atoms with van der Waals surface area (Å²) in [6.45, 7) is 8.19. The van der Waals surface area contributed by atoms with Crippen molar-refractivity contribution in [2.45, 2.75) is 34.2 Å². The number of aliphatic imine (C=N–C) groups is 1. The van der Waals surface area contributed by atoms with Crippen LogP contribution in [0.25, 0.3) is 5.65 Å². The lowest BCUT2D eigenvalue weighted by Gasteiger charge is -2.13. The fourth-order valence-electron chi connectivity index (χ4n) is 3.44. The van der Waals surface area contributed by atoms with Gasteiger partial charge in [-0.2, -0.15) is 0 Å². The van der Waals surface area contributed by atoms with Crippen LogP contribution in [0, 0.1) is 6.92 Å². The molecule has 8 heteroatoms. The number of amides is 1. The highest BCUT2D eigenvalue weighted by Gasteiger charge is 2.13. The Kier molecular flexibility index (Phi) is 9.33. The lowest BCUT2D eigenvalue weighted by atomic mass is 10.1. The summed E-state index contributed by atoms with van der Waals surface area (Å²) in [5.74, 6) is 2.33. The van der Waals surface area contributed by atoms with E-state index in [4.69, 9.17) is 4.74 Å². The average molecular weight is 485 g/mol. The molecule has 0 aliphatic carbocycles. The molecule has 0 aliphatic rings. The third kappa shape index (κ3) is 6.56. The third-order valence-electron chi connectivity index (χ3n) is 5.22. The summed E-state index contributed by atoms with van der Waals surface area (Å²) < 4.78 is 8.01. The van der Waals surface area contributed by atoms with Crippen LogP contribution < -0.4 is 15.4 Å². The van der Waals surface area contributed by atoms with Gasteiger partial charge < -0.3 is 19.8 Å². The molecule has 1 amide bonds. The zero-order valence-electron chi connectivity index (χ0n) is 21.3. The summed E-state index contributed by atoms with van der Waals surface area (Å²) >= 11 is 0. The predicted octanol–water partition coefficient (Wildman–Crippen LogP) is 5.80. The van der Waals surface area contributed by atoms with Crippen molar-refractivity contribution in [2.75, 3.05) is 12.4 Å². The maximum absolute atomic E-state index is 12.9. The first-order valence-electron chi connectivity index (χ1n) is 11.9. The molecular formula is C28H32N6O2. The van der Waals surface area contributed by atoms with Crippen LogP contribution in [0.15, 0.2) is 84.4 Å². The Balaban J connectivity index is 0.00000176. The number of carbonyl (C=O) groups is 1. The fourth-order valence-corrected chi connectivity index (χ4v) is 3.44. The largest absolute Gasteiger partial charge is 0.457 e. The molecule has 3 heterocycles. The molecule has 36 heavy (non-hydrogen) atoms. The van der Waals surface area contributed by atoms with E-state index < -0.39 is 0 Å². The van der Waals surface area contributed by atoms with Crippen molar-refractivity contribution in [1.29, 1.82) is 0 Å². The lowest BCUT2D eigenvalue weighted by molar-refractivity contribution is 0.0950. The molecule has 0 fully saturated rings. The summed E-state index contributed by atoms with van der Waals surface area (Å²) in [5, 5.41) is 6.13. The van der Waals surface area contributed by atoms with Crippen molar-refractivity contribution in [3.8, 4) is 11.5 Å². The molecule has 8 nitrogen and oxygen atoms in total. The minimum Gasteiger partial charge on any atom is -0.457 e. The normalized spacial score (nSPS) is 11.2. The van der Waals surface area contributed by atoms with Gasteiger partial charge in [0.25, 0.3) is 5.91 Å². The number of imidazole rings is 1. The van der Waals surface area contributed by atoms with Gasteiger partial charge in [-0.3, -0.25) is 9.79 Å². The van der Waals surface area contributed by atoms with E-state index >= 15 is 0 Å². The number of nitrogens with zero attached hydrogens (tertiary/aromatic N) is 4. The second kappa shape index (κ2) is 12.9. The van der Waals surface area contributed by atoms with Crippen LogP contribution >= 0.6 is 0 Å². The van der Waals surface area contributed by atoms with Crippen molar-refractivity contribution in [2.24, 2.45) is 4.99 Å². The number of ether oxygens (including phenoxy) is 1. The third-order valence-corrected chi connectivity index (χ3v) is 5.22. The predicted molar refractivity (Wildman–Crippen MR) is 145 cm³/mol. The highest BCUT2D eigenvalue weighted by atomic mass is 16.5. The first-order chi connectivity index (χ1) is 17.6. The first-order valence-corrected chi connectivity index (χ1v) is 11.9. The van der Waals surface area contributed by atoms with Gasteiger partial charge in [-0.15, -0.1) is 0 Å². The van der Waals surface area contributed by atoms with Gasteiger partial charge in [0.15, 0.2) is 0 Å². The highest BCUT2D eigenvalue weighted by Crippen LogP contribution is 2.28. The van der Waals surface area contributed by atoms with Crippen LogP contribution in [0.4, 0.5) is 5.82 Å². The van der Waals surface area contributed by atoms with E-state index in [1.807, 2.05) is 80.9 Å². The number of amidine groups is 1. The molecule has 3 aromatic heterocycles. The molecule has 0 aliphatic heterocycles. The van der Waals surface area contributed by atoms with Crippen LogP contribution in [0.3, 0.4) is 0 Å². The Morgan fingerprint density at radius 2 is 1.94 bits per heavy atom. The number of pyridine rings is 2. The molecule has 0 spiro atoms. The summed E-state index contributed by atoms with van der Waals surface area (Å²) in [6, 6.07) is 12.9. The van der Waals surface area contributed by atoms with E-state index in [2.05, 4.69) is 25.6 Å². The number of benzene rings is 1. The number of anilines is 1. The van der Waals surface area contributed by atoms with Crippen molar-refractivity contribution in [3.63, 3.8) is 0 Å². The van der Waals surface area contributed by atoms with E-state index in [0.717, 1.165) is 16.8 Å². The Bertz CT molecular complexity index is 1370.